The van der Waals surface area contributed by atoms with E-state index in [1.54, 1.807) is 12.1 Å². The molecule has 118 valence electrons. The van der Waals surface area contributed by atoms with E-state index in [2.05, 4.69) is 10.6 Å². The molecule has 0 aliphatic carbocycles. The van der Waals surface area contributed by atoms with Crippen LogP contribution in [0, 0.1) is 0 Å². The number of aromatic hydroxyl groups is 2. The number of phenolic OH excluding ortho intramolecular Hbond substituents is 2. The van der Waals surface area contributed by atoms with Crippen molar-refractivity contribution in [1.29, 1.82) is 0 Å². The van der Waals surface area contributed by atoms with E-state index >= 15 is 0 Å². The average Bonchev–Trinajstić information content (AvgIpc) is 2.54. The summed E-state index contributed by atoms with van der Waals surface area (Å²) in [5.41, 5.74) is 3.01. The molecule has 0 spiro atoms. The van der Waals surface area contributed by atoms with Crippen molar-refractivity contribution < 1.29 is 15.0 Å². The normalized spacial score (nSPS) is 25.6. The maximum absolute atomic E-state index is 12.3. The summed E-state index contributed by atoms with van der Waals surface area (Å²) in [5.74, 6) is -0.275. The number of piperazine rings is 1. The predicted octanol–water partition coefficient (Wildman–Crippen LogP) is 1.39. The Morgan fingerprint density at radius 3 is 2.61 bits per heavy atom. The summed E-state index contributed by atoms with van der Waals surface area (Å²) in [6.07, 6.45) is 1.22. The van der Waals surface area contributed by atoms with Gasteiger partial charge in [0.2, 0.25) is 5.91 Å². The van der Waals surface area contributed by atoms with Crippen LogP contribution in [0.2, 0.25) is 0 Å². The SMILES string of the molecule is O=C1N[C@@H](Cc2ccccc2)[C@H]2N[C@H]1Cc1cc(O)c(O)cc12. The van der Waals surface area contributed by atoms with Gasteiger partial charge >= 0.3 is 0 Å². The topological polar surface area (TPSA) is 81.6 Å². The molecule has 2 aromatic rings. The third kappa shape index (κ3) is 2.43. The molecule has 4 N–H and O–H groups in total. The van der Waals surface area contributed by atoms with Gasteiger partial charge in [-0.25, -0.2) is 0 Å². The second-order valence-electron chi connectivity index (χ2n) is 6.25. The van der Waals surface area contributed by atoms with E-state index in [-0.39, 0.29) is 35.5 Å². The molecule has 0 radical (unpaired) electrons. The Morgan fingerprint density at radius 1 is 1.09 bits per heavy atom. The quantitative estimate of drug-likeness (QED) is 0.632. The summed E-state index contributed by atoms with van der Waals surface area (Å²) < 4.78 is 0. The third-order valence-corrected chi connectivity index (χ3v) is 4.72. The Bertz CT molecular complexity index is 760. The van der Waals surface area contributed by atoms with Crippen molar-refractivity contribution in [3.63, 3.8) is 0 Å². The lowest BCUT2D eigenvalue weighted by atomic mass is 9.81. The summed E-state index contributed by atoms with van der Waals surface area (Å²) in [6, 6.07) is 12.7. The summed E-state index contributed by atoms with van der Waals surface area (Å²) >= 11 is 0. The molecule has 1 amide bonds. The number of benzene rings is 2. The lowest BCUT2D eigenvalue weighted by Crippen LogP contribution is -2.63. The molecule has 23 heavy (non-hydrogen) atoms. The van der Waals surface area contributed by atoms with Crippen LogP contribution in [-0.4, -0.2) is 28.2 Å². The van der Waals surface area contributed by atoms with Crippen LogP contribution < -0.4 is 10.6 Å². The molecule has 2 aliphatic rings. The number of hydrogen-bond acceptors (Lipinski definition) is 4. The van der Waals surface area contributed by atoms with Gasteiger partial charge in [0.25, 0.3) is 0 Å². The number of phenols is 2. The molecule has 0 saturated carbocycles. The predicted molar refractivity (Wildman–Crippen MR) is 85.2 cm³/mol. The molecule has 0 aromatic heterocycles. The zero-order chi connectivity index (χ0) is 16.0. The van der Waals surface area contributed by atoms with Crippen LogP contribution >= 0.6 is 0 Å². The van der Waals surface area contributed by atoms with Crippen LogP contribution in [0.4, 0.5) is 0 Å². The number of nitrogens with one attached hydrogen (secondary N) is 2. The maximum atomic E-state index is 12.3. The van der Waals surface area contributed by atoms with Crippen molar-refractivity contribution in [2.75, 3.05) is 0 Å². The maximum Gasteiger partial charge on any atom is 0.237 e. The summed E-state index contributed by atoms with van der Waals surface area (Å²) in [6.45, 7) is 0. The smallest absolute Gasteiger partial charge is 0.237 e. The highest BCUT2D eigenvalue weighted by Gasteiger charge is 2.40. The lowest BCUT2D eigenvalue weighted by Gasteiger charge is -2.42. The van der Waals surface area contributed by atoms with Gasteiger partial charge in [0, 0.05) is 0 Å². The van der Waals surface area contributed by atoms with Crippen LogP contribution in [0.1, 0.15) is 22.7 Å². The highest BCUT2D eigenvalue weighted by molar-refractivity contribution is 5.84. The number of carbonyl (C=O) groups is 1. The molecule has 1 fully saturated rings. The monoisotopic (exact) mass is 310 g/mol. The van der Waals surface area contributed by atoms with Gasteiger partial charge in [-0.05, 0) is 41.7 Å². The Balaban J connectivity index is 1.71. The fourth-order valence-corrected chi connectivity index (χ4v) is 3.59. The second kappa shape index (κ2) is 5.28. The van der Waals surface area contributed by atoms with E-state index in [1.165, 1.54) is 0 Å². The van der Waals surface area contributed by atoms with E-state index in [4.69, 9.17) is 0 Å². The summed E-state index contributed by atoms with van der Waals surface area (Å²) in [5, 5.41) is 26.0. The van der Waals surface area contributed by atoms with Crippen molar-refractivity contribution >= 4 is 5.91 Å². The Kier molecular flexibility index (Phi) is 3.23. The van der Waals surface area contributed by atoms with Gasteiger partial charge in [-0.15, -0.1) is 0 Å². The van der Waals surface area contributed by atoms with Crippen molar-refractivity contribution in [3.05, 3.63) is 59.2 Å². The Labute approximate surface area is 134 Å². The number of hydrogen-bond donors (Lipinski definition) is 4. The van der Waals surface area contributed by atoms with Crippen LogP contribution in [-0.2, 0) is 17.6 Å². The van der Waals surface area contributed by atoms with E-state index in [0.717, 1.165) is 16.7 Å². The average molecular weight is 310 g/mol. The minimum Gasteiger partial charge on any atom is -0.504 e. The number of fused-ring (bicyclic) bond motifs is 4. The van der Waals surface area contributed by atoms with E-state index < -0.39 is 0 Å². The van der Waals surface area contributed by atoms with E-state index in [0.29, 0.717) is 12.8 Å². The molecule has 2 aromatic carbocycles. The van der Waals surface area contributed by atoms with Crippen LogP contribution in [0.25, 0.3) is 0 Å². The fraction of sp³-hybridized carbons (Fsp3) is 0.278. The molecule has 2 aliphatic heterocycles. The van der Waals surface area contributed by atoms with E-state index in [1.807, 2.05) is 30.3 Å². The van der Waals surface area contributed by atoms with Crippen molar-refractivity contribution in [1.82, 2.24) is 10.6 Å². The molecular weight excluding hydrogens is 292 g/mol. The molecule has 2 bridgehead atoms. The molecule has 5 heteroatoms. The van der Waals surface area contributed by atoms with Gasteiger partial charge < -0.3 is 15.5 Å². The Hall–Kier alpha value is -2.53. The lowest BCUT2D eigenvalue weighted by molar-refractivity contribution is -0.126. The van der Waals surface area contributed by atoms with Gasteiger partial charge in [-0.2, -0.15) is 0 Å². The minimum atomic E-state index is -0.288. The molecule has 3 atom stereocenters. The highest BCUT2D eigenvalue weighted by Crippen LogP contribution is 2.38. The van der Waals surface area contributed by atoms with Crippen molar-refractivity contribution in [2.24, 2.45) is 0 Å². The van der Waals surface area contributed by atoms with Gasteiger partial charge in [0.15, 0.2) is 11.5 Å². The van der Waals surface area contributed by atoms with E-state index in [9.17, 15) is 15.0 Å². The molecule has 0 unspecified atom stereocenters. The zero-order valence-corrected chi connectivity index (χ0v) is 12.5. The van der Waals surface area contributed by atoms with Gasteiger partial charge in [0.1, 0.15) is 0 Å². The molecular formula is C18H18N2O3. The van der Waals surface area contributed by atoms with Gasteiger partial charge in [-0.3, -0.25) is 10.1 Å². The minimum absolute atomic E-state index is 0.0135. The van der Waals surface area contributed by atoms with Crippen molar-refractivity contribution in [2.45, 2.75) is 31.0 Å². The summed E-state index contributed by atoms with van der Waals surface area (Å²) in [7, 11) is 0. The van der Waals surface area contributed by atoms with Crippen LogP contribution in [0.15, 0.2) is 42.5 Å². The zero-order valence-electron chi connectivity index (χ0n) is 12.5. The summed E-state index contributed by atoms with van der Waals surface area (Å²) in [4.78, 5) is 12.3. The number of carbonyl (C=O) groups excluding carboxylic acids is 1. The Morgan fingerprint density at radius 2 is 1.83 bits per heavy atom. The molecule has 2 heterocycles. The number of amides is 1. The van der Waals surface area contributed by atoms with Gasteiger partial charge in [0.05, 0.1) is 18.1 Å². The first-order valence-electron chi connectivity index (χ1n) is 7.77. The standard InChI is InChI=1S/C18H18N2O3/c21-15-8-11-7-14-18(23)20-13(6-10-4-2-1-3-5-10)17(19-14)12(11)9-16(15)22/h1-5,8-9,13-14,17,19,21-22H,6-7H2,(H,20,23)/t13-,14-,17-/m0/s1. The van der Waals surface area contributed by atoms with Crippen molar-refractivity contribution in [3.8, 4) is 11.5 Å². The molecule has 1 saturated heterocycles. The van der Waals surface area contributed by atoms with Crippen LogP contribution in [0.3, 0.4) is 0 Å². The molecule has 5 nitrogen and oxygen atoms in total. The van der Waals surface area contributed by atoms with Crippen LogP contribution in [0.5, 0.6) is 11.5 Å². The first-order valence-corrected chi connectivity index (χ1v) is 7.77. The molecule has 4 rings (SSSR count). The highest BCUT2D eigenvalue weighted by atomic mass is 16.3. The second-order valence-corrected chi connectivity index (χ2v) is 6.25. The fourth-order valence-electron chi connectivity index (χ4n) is 3.59. The van der Waals surface area contributed by atoms with Gasteiger partial charge in [-0.1, -0.05) is 30.3 Å². The first kappa shape index (κ1) is 14.1. The largest absolute Gasteiger partial charge is 0.504 e. The number of rotatable bonds is 2. The first-order chi connectivity index (χ1) is 11.1. The third-order valence-electron chi connectivity index (χ3n) is 4.72.